The fourth-order valence-corrected chi connectivity index (χ4v) is 2.24. The number of hydrogen-bond donors (Lipinski definition) is 1. The molecule has 0 unspecified atom stereocenters. The van der Waals surface area contributed by atoms with Crippen molar-refractivity contribution >= 4 is 10.9 Å². The molecule has 3 rings (SSSR count). The lowest BCUT2D eigenvalue weighted by atomic mass is 9.89. The van der Waals surface area contributed by atoms with E-state index in [0.717, 1.165) is 36.2 Å². The van der Waals surface area contributed by atoms with Gasteiger partial charge in [0.15, 0.2) is 0 Å². The second-order valence-electron chi connectivity index (χ2n) is 5.16. The van der Waals surface area contributed by atoms with Gasteiger partial charge in [-0.25, -0.2) is 0 Å². The molecule has 0 spiro atoms. The average molecular weight is 232 g/mol. The number of aliphatic hydroxyl groups is 1. The highest BCUT2D eigenvalue weighted by atomic mass is 16.5. The lowest BCUT2D eigenvalue weighted by Gasteiger charge is -2.37. The van der Waals surface area contributed by atoms with Gasteiger partial charge in [-0.15, -0.1) is 0 Å². The SMILES string of the molecule is CC1(Cn2ncc3ccc(CO)cc32)COC1. The van der Waals surface area contributed by atoms with Gasteiger partial charge in [-0.05, 0) is 11.6 Å². The van der Waals surface area contributed by atoms with Crippen LogP contribution in [0.5, 0.6) is 0 Å². The second kappa shape index (κ2) is 3.82. The Bertz CT molecular complexity index is 543. The molecule has 0 bridgehead atoms. The Kier molecular flexibility index (Phi) is 2.42. The molecule has 0 atom stereocenters. The number of aliphatic hydroxyl groups excluding tert-OH is 1. The molecule has 17 heavy (non-hydrogen) atoms. The number of aromatic nitrogens is 2. The molecule has 2 aromatic rings. The fraction of sp³-hybridized carbons (Fsp3) is 0.462. The van der Waals surface area contributed by atoms with E-state index in [1.165, 1.54) is 0 Å². The molecule has 1 saturated heterocycles. The molecule has 2 heterocycles. The van der Waals surface area contributed by atoms with Gasteiger partial charge in [0.1, 0.15) is 0 Å². The van der Waals surface area contributed by atoms with Crippen molar-refractivity contribution in [2.45, 2.75) is 20.1 Å². The van der Waals surface area contributed by atoms with Crippen LogP contribution in [0, 0.1) is 5.41 Å². The Labute approximate surface area is 99.8 Å². The van der Waals surface area contributed by atoms with E-state index in [0.29, 0.717) is 0 Å². The first-order valence-corrected chi connectivity index (χ1v) is 5.83. The zero-order valence-electron chi connectivity index (χ0n) is 9.89. The topological polar surface area (TPSA) is 47.3 Å². The van der Waals surface area contributed by atoms with Crippen LogP contribution < -0.4 is 0 Å². The molecular weight excluding hydrogens is 216 g/mol. The minimum Gasteiger partial charge on any atom is -0.392 e. The number of hydrogen-bond acceptors (Lipinski definition) is 3. The number of rotatable bonds is 3. The number of benzene rings is 1. The van der Waals surface area contributed by atoms with E-state index >= 15 is 0 Å². The first-order chi connectivity index (χ1) is 8.20. The Morgan fingerprint density at radius 1 is 1.47 bits per heavy atom. The molecule has 1 aliphatic rings. The largest absolute Gasteiger partial charge is 0.392 e. The van der Waals surface area contributed by atoms with Crippen molar-refractivity contribution < 1.29 is 9.84 Å². The summed E-state index contributed by atoms with van der Waals surface area (Å²) in [6.07, 6.45) is 1.87. The highest BCUT2D eigenvalue weighted by Crippen LogP contribution is 2.29. The van der Waals surface area contributed by atoms with Gasteiger partial charge in [-0.2, -0.15) is 5.10 Å². The van der Waals surface area contributed by atoms with Crippen molar-refractivity contribution in [3.05, 3.63) is 30.0 Å². The second-order valence-corrected chi connectivity index (χ2v) is 5.16. The molecule has 0 saturated carbocycles. The fourth-order valence-electron chi connectivity index (χ4n) is 2.24. The lowest BCUT2D eigenvalue weighted by molar-refractivity contribution is -0.111. The molecule has 4 nitrogen and oxygen atoms in total. The molecule has 1 aromatic carbocycles. The molecule has 0 radical (unpaired) electrons. The summed E-state index contributed by atoms with van der Waals surface area (Å²) in [6, 6.07) is 5.94. The highest BCUT2D eigenvalue weighted by Gasteiger charge is 2.34. The van der Waals surface area contributed by atoms with E-state index in [1.807, 2.05) is 29.1 Å². The standard InChI is InChI=1S/C13H16N2O2/c1-13(8-17-9-13)7-15-12-4-10(6-16)2-3-11(12)5-14-15/h2-5,16H,6-9H2,1H3. The predicted octanol–water partition coefficient (Wildman–Crippen LogP) is 1.57. The number of ether oxygens (including phenoxy) is 1. The van der Waals surface area contributed by atoms with Crippen molar-refractivity contribution in [1.29, 1.82) is 0 Å². The molecule has 1 fully saturated rings. The van der Waals surface area contributed by atoms with Gasteiger partial charge >= 0.3 is 0 Å². The van der Waals surface area contributed by atoms with Crippen molar-refractivity contribution in [3.8, 4) is 0 Å². The molecule has 4 heteroatoms. The van der Waals surface area contributed by atoms with Gasteiger partial charge < -0.3 is 9.84 Å². The van der Waals surface area contributed by atoms with Crippen LogP contribution in [-0.2, 0) is 17.9 Å². The van der Waals surface area contributed by atoms with Crippen molar-refractivity contribution in [2.75, 3.05) is 13.2 Å². The summed E-state index contributed by atoms with van der Waals surface area (Å²) in [6.45, 7) is 4.74. The molecule has 0 aliphatic carbocycles. The lowest BCUT2D eigenvalue weighted by Crippen LogP contribution is -2.43. The minimum atomic E-state index is 0.0709. The maximum atomic E-state index is 9.17. The van der Waals surface area contributed by atoms with E-state index < -0.39 is 0 Å². The zero-order valence-corrected chi connectivity index (χ0v) is 9.89. The van der Waals surface area contributed by atoms with Crippen molar-refractivity contribution in [1.82, 2.24) is 9.78 Å². The van der Waals surface area contributed by atoms with E-state index in [2.05, 4.69) is 12.0 Å². The summed E-state index contributed by atoms with van der Waals surface area (Å²) in [5.41, 5.74) is 2.22. The van der Waals surface area contributed by atoms with E-state index in [9.17, 15) is 0 Å². The minimum absolute atomic E-state index is 0.0709. The van der Waals surface area contributed by atoms with Gasteiger partial charge in [0, 0.05) is 10.8 Å². The summed E-state index contributed by atoms with van der Waals surface area (Å²) in [7, 11) is 0. The smallest absolute Gasteiger partial charge is 0.0686 e. The van der Waals surface area contributed by atoms with Crippen LogP contribution in [0.1, 0.15) is 12.5 Å². The maximum Gasteiger partial charge on any atom is 0.0686 e. The number of nitrogens with zero attached hydrogens (tertiary/aromatic N) is 2. The molecule has 90 valence electrons. The Balaban J connectivity index is 1.98. The van der Waals surface area contributed by atoms with E-state index in [4.69, 9.17) is 9.84 Å². The van der Waals surface area contributed by atoms with Crippen LogP contribution in [0.3, 0.4) is 0 Å². The maximum absolute atomic E-state index is 9.17. The Morgan fingerprint density at radius 2 is 2.29 bits per heavy atom. The molecular formula is C13H16N2O2. The summed E-state index contributed by atoms with van der Waals surface area (Å²) in [5, 5.41) is 14.7. The van der Waals surface area contributed by atoms with E-state index in [1.54, 1.807) is 0 Å². The zero-order chi connectivity index (χ0) is 11.9. The van der Waals surface area contributed by atoms with Gasteiger partial charge in [0.05, 0.1) is 38.1 Å². The molecule has 1 N–H and O–H groups in total. The number of fused-ring (bicyclic) bond motifs is 1. The monoisotopic (exact) mass is 232 g/mol. The molecule has 1 aliphatic heterocycles. The first kappa shape index (κ1) is 10.7. The van der Waals surface area contributed by atoms with Gasteiger partial charge in [0.2, 0.25) is 0 Å². The molecule has 0 amide bonds. The van der Waals surface area contributed by atoms with Crippen molar-refractivity contribution in [2.24, 2.45) is 5.41 Å². The quantitative estimate of drug-likeness (QED) is 0.873. The Hall–Kier alpha value is -1.39. The predicted molar refractivity (Wildman–Crippen MR) is 64.6 cm³/mol. The first-order valence-electron chi connectivity index (χ1n) is 5.83. The van der Waals surface area contributed by atoms with E-state index in [-0.39, 0.29) is 12.0 Å². The average Bonchev–Trinajstić information content (AvgIpc) is 2.69. The normalized spacial score (nSPS) is 18.2. The summed E-state index contributed by atoms with van der Waals surface area (Å²) >= 11 is 0. The van der Waals surface area contributed by atoms with Crippen LogP contribution >= 0.6 is 0 Å². The van der Waals surface area contributed by atoms with Crippen LogP contribution in [0.25, 0.3) is 10.9 Å². The summed E-state index contributed by atoms with van der Waals surface area (Å²) in [4.78, 5) is 0. The third-order valence-electron chi connectivity index (χ3n) is 3.32. The highest BCUT2D eigenvalue weighted by molar-refractivity contribution is 5.79. The van der Waals surface area contributed by atoms with Crippen LogP contribution in [-0.4, -0.2) is 28.1 Å². The van der Waals surface area contributed by atoms with Crippen LogP contribution in [0.2, 0.25) is 0 Å². The third kappa shape index (κ3) is 1.83. The Morgan fingerprint density at radius 3 is 2.94 bits per heavy atom. The summed E-state index contributed by atoms with van der Waals surface area (Å²) in [5.74, 6) is 0. The van der Waals surface area contributed by atoms with Crippen molar-refractivity contribution in [3.63, 3.8) is 0 Å². The van der Waals surface area contributed by atoms with Gasteiger partial charge in [0.25, 0.3) is 0 Å². The van der Waals surface area contributed by atoms with Crippen LogP contribution in [0.15, 0.2) is 24.4 Å². The van der Waals surface area contributed by atoms with Crippen LogP contribution in [0.4, 0.5) is 0 Å². The third-order valence-corrected chi connectivity index (χ3v) is 3.32. The summed E-state index contributed by atoms with van der Waals surface area (Å²) < 4.78 is 7.27. The molecule has 1 aromatic heterocycles. The van der Waals surface area contributed by atoms with Gasteiger partial charge in [-0.1, -0.05) is 19.1 Å². The van der Waals surface area contributed by atoms with Gasteiger partial charge in [-0.3, -0.25) is 4.68 Å².